The lowest BCUT2D eigenvalue weighted by molar-refractivity contribution is 0.195. The number of nitrogens with one attached hydrogen (secondary N) is 1. The van der Waals surface area contributed by atoms with Crippen LogP contribution in [0.1, 0.15) is 36.2 Å². The first kappa shape index (κ1) is 14.8. The van der Waals surface area contributed by atoms with Gasteiger partial charge in [-0.15, -0.1) is 11.3 Å². The van der Waals surface area contributed by atoms with E-state index in [4.69, 9.17) is 0 Å². The largest absolute Gasteiger partial charge is 0.312 e. The van der Waals surface area contributed by atoms with Gasteiger partial charge in [0, 0.05) is 30.1 Å². The normalized spacial score (nSPS) is 16.3. The number of rotatable bonds is 8. The molecule has 1 aliphatic carbocycles. The van der Waals surface area contributed by atoms with Crippen LogP contribution >= 0.6 is 11.3 Å². The monoisotopic (exact) mass is 300 g/mol. The molecule has 2 nitrogen and oxygen atoms in total. The molecule has 112 valence electrons. The smallest absolute Gasteiger partial charge is 0.0476 e. The third-order valence-corrected chi connectivity index (χ3v) is 5.01. The maximum Gasteiger partial charge on any atom is 0.0476 e. The first-order valence-electron chi connectivity index (χ1n) is 7.91. The zero-order valence-corrected chi connectivity index (χ0v) is 13.5. The van der Waals surface area contributed by atoms with E-state index in [0.29, 0.717) is 6.04 Å². The van der Waals surface area contributed by atoms with Gasteiger partial charge in [-0.3, -0.25) is 4.90 Å². The highest BCUT2D eigenvalue weighted by atomic mass is 32.1. The molecule has 1 atom stereocenters. The number of hydrogen-bond acceptors (Lipinski definition) is 3. The first-order valence-corrected chi connectivity index (χ1v) is 8.79. The summed E-state index contributed by atoms with van der Waals surface area (Å²) in [5.41, 5.74) is 1.42. The summed E-state index contributed by atoms with van der Waals surface area (Å²) in [6.07, 6.45) is 2.69. The van der Waals surface area contributed by atoms with Crippen LogP contribution in [-0.2, 0) is 6.54 Å². The molecule has 0 radical (unpaired) electrons. The molecule has 2 aromatic rings. The van der Waals surface area contributed by atoms with E-state index in [-0.39, 0.29) is 0 Å². The van der Waals surface area contributed by atoms with Gasteiger partial charge in [0.05, 0.1) is 0 Å². The number of nitrogens with zero attached hydrogens (tertiary/aromatic N) is 1. The van der Waals surface area contributed by atoms with E-state index in [2.05, 4.69) is 65.0 Å². The molecule has 1 heterocycles. The van der Waals surface area contributed by atoms with E-state index in [0.717, 1.165) is 25.7 Å². The highest BCUT2D eigenvalue weighted by molar-refractivity contribution is 7.09. The lowest BCUT2D eigenvalue weighted by Crippen LogP contribution is -2.36. The van der Waals surface area contributed by atoms with Gasteiger partial charge in [0.25, 0.3) is 0 Å². The van der Waals surface area contributed by atoms with Crippen LogP contribution in [0.3, 0.4) is 0 Å². The van der Waals surface area contributed by atoms with E-state index in [1.165, 1.54) is 23.3 Å². The Hall–Kier alpha value is -1.16. The van der Waals surface area contributed by atoms with Gasteiger partial charge in [-0.1, -0.05) is 43.3 Å². The molecule has 0 spiro atoms. The molecule has 21 heavy (non-hydrogen) atoms. The van der Waals surface area contributed by atoms with Crippen LogP contribution in [0.2, 0.25) is 0 Å². The van der Waals surface area contributed by atoms with Gasteiger partial charge in [0.15, 0.2) is 0 Å². The van der Waals surface area contributed by atoms with E-state index < -0.39 is 0 Å². The molecule has 0 saturated heterocycles. The van der Waals surface area contributed by atoms with Gasteiger partial charge in [0.2, 0.25) is 0 Å². The predicted octanol–water partition coefficient (Wildman–Crippen LogP) is 4.06. The standard InChI is InChI=1S/C18H24N2S/c1-2-20(14-17-9-6-12-21-17)18(13-19-16-10-11-16)15-7-4-3-5-8-15/h3-9,12,16,18-19H,2,10-11,13-14H2,1H3. The zero-order valence-electron chi connectivity index (χ0n) is 12.7. The molecule has 1 aromatic heterocycles. The predicted molar refractivity (Wildman–Crippen MR) is 90.6 cm³/mol. The molecule has 1 aliphatic rings. The minimum Gasteiger partial charge on any atom is -0.312 e. The summed E-state index contributed by atoms with van der Waals surface area (Å²) in [4.78, 5) is 4.03. The summed E-state index contributed by atoms with van der Waals surface area (Å²) < 4.78 is 0. The molecule has 1 aromatic carbocycles. The van der Waals surface area contributed by atoms with Crippen molar-refractivity contribution in [1.82, 2.24) is 10.2 Å². The topological polar surface area (TPSA) is 15.3 Å². The highest BCUT2D eigenvalue weighted by Gasteiger charge is 2.25. The Balaban J connectivity index is 1.74. The Morgan fingerprint density at radius 2 is 2.00 bits per heavy atom. The molecule has 1 N–H and O–H groups in total. The Labute approximate surface area is 131 Å². The van der Waals surface area contributed by atoms with E-state index in [9.17, 15) is 0 Å². The molecule has 1 unspecified atom stereocenters. The molecule has 0 aliphatic heterocycles. The molecule has 1 saturated carbocycles. The first-order chi connectivity index (χ1) is 10.4. The van der Waals surface area contributed by atoms with Crippen LogP contribution in [-0.4, -0.2) is 24.0 Å². The maximum absolute atomic E-state index is 3.71. The highest BCUT2D eigenvalue weighted by Crippen LogP contribution is 2.26. The lowest BCUT2D eigenvalue weighted by Gasteiger charge is -2.31. The van der Waals surface area contributed by atoms with Crippen molar-refractivity contribution in [3.05, 3.63) is 58.3 Å². The number of benzene rings is 1. The summed E-state index contributed by atoms with van der Waals surface area (Å²) in [6, 6.07) is 16.5. The van der Waals surface area contributed by atoms with Gasteiger partial charge in [-0.25, -0.2) is 0 Å². The summed E-state index contributed by atoms with van der Waals surface area (Å²) in [7, 11) is 0. The second kappa shape index (κ2) is 7.21. The van der Waals surface area contributed by atoms with Gasteiger partial charge in [0.1, 0.15) is 0 Å². The van der Waals surface area contributed by atoms with Crippen molar-refractivity contribution < 1.29 is 0 Å². The number of hydrogen-bond donors (Lipinski definition) is 1. The summed E-state index contributed by atoms with van der Waals surface area (Å²) in [5.74, 6) is 0. The minimum atomic E-state index is 0.457. The van der Waals surface area contributed by atoms with Gasteiger partial charge in [-0.2, -0.15) is 0 Å². The van der Waals surface area contributed by atoms with E-state index >= 15 is 0 Å². The maximum atomic E-state index is 3.71. The Morgan fingerprint density at radius 1 is 1.19 bits per heavy atom. The summed E-state index contributed by atoms with van der Waals surface area (Å²) in [6.45, 7) is 5.43. The van der Waals surface area contributed by atoms with Crippen LogP contribution in [0, 0.1) is 0 Å². The molecule has 3 heteroatoms. The number of thiophene rings is 1. The van der Waals surface area contributed by atoms with Crippen molar-refractivity contribution in [3.63, 3.8) is 0 Å². The Morgan fingerprint density at radius 3 is 2.62 bits per heavy atom. The van der Waals surface area contributed by atoms with Crippen LogP contribution in [0.4, 0.5) is 0 Å². The van der Waals surface area contributed by atoms with Crippen molar-refractivity contribution in [2.24, 2.45) is 0 Å². The average molecular weight is 300 g/mol. The van der Waals surface area contributed by atoms with Gasteiger partial charge in [-0.05, 0) is 36.4 Å². The molecule has 1 fully saturated rings. The van der Waals surface area contributed by atoms with Crippen LogP contribution < -0.4 is 5.32 Å². The summed E-state index contributed by atoms with van der Waals surface area (Å²) >= 11 is 1.85. The fourth-order valence-electron chi connectivity index (χ4n) is 2.74. The van der Waals surface area contributed by atoms with Gasteiger partial charge < -0.3 is 5.32 Å². The second-order valence-corrected chi connectivity index (χ2v) is 6.78. The fraction of sp³-hybridized carbons (Fsp3) is 0.444. The van der Waals surface area contributed by atoms with Crippen molar-refractivity contribution >= 4 is 11.3 Å². The fourth-order valence-corrected chi connectivity index (χ4v) is 3.47. The van der Waals surface area contributed by atoms with E-state index in [1.807, 2.05) is 11.3 Å². The van der Waals surface area contributed by atoms with Crippen LogP contribution in [0.25, 0.3) is 0 Å². The van der Waals surface area contributed by atoms with Crippen LogP contribution in [0.5, 0.6) is 0 Å². The van der Waals surface area contributed by atoms with Crippen molar-refractivity contribution in [3.8, 4) is 0 Å². The van der Waals surface area contributed by atoms with Crippen LogP contribution in [0.15, 0.2) is 47.8 Å². The second-order valence-electron chi connectivity index (χ2n) is 5.75. The third kappa shape index (κ3) is 4.16. The third-order valence-electron chi connectivity index (χ3n) is 4.15. The summed E-state index contributed by atoms with van der Waals surface area (Å²) in [5, 5.41) is 5.88. The molecule has 3 rings (SSSR count). The Bertz CT molecular complexity index is 519. The van der Waals surface area contributed by atoms with Crippen molar-refractivity contribution in [1.29, 1.82) is 0 Å². The van der Waals surface area contributed by atoms with Crippen molar-refractivity contribution in [2.45, 2.75) is 38.4 Å². The molecule has 0 bridgehead atoms. The minimum absolute atomic E-state index is 0.457. The lowest BCUT2D eigenvalue weighted by atomic mass is 10.0. The van der Waals surface area contributed by atoms with Gasteiger partial charge >= 0.3 is 0 Å². The average Bonchev–Trinajstić information content (AvgIpc) is 3.21. The van der Waals surface area contributed by atoms with Crippen molar-refractivity contribution in [2.75, 3.05) is 13.1 Å². The Kier molecular flexibility index (Phi) is 5.07. The molecule has 0 amide bonds. The SMILES string of the molecule is CCN(Cc1cccs1)C(CNC1CC1)c1ccccc1. The zero-order chi connectivity index (χ0) is 14.5. The molecular formula is C18H24N2S. The van der Waals surface area contributed by atoms with E-state index in [1.54, 1.807) is 0 Å². The number of likely N-dealkylation sites (N-methyl/N-ethyl adjacent to an activating group) is 1. The molecular weight excluding hydrogens is 276 g/mol. The quantitative estimate of drug-likeness (QED) is 0.791.